The number of amides is 1. The molecular formula is C17H28N4O. The molecule has 0 saturated heterocycles. The van der Waals surface area contributed by atoms with Crippen molar-refractivity contribution in [2.24, 2.45) is 5.92 Å². The summed E-state index contributed by atoms with van der Waals surface area (Å²) in [6, 6.07) is 2.17. The van der Waals surface area contributed by atoms with Crippen LogP contribution in [0.5, 0.6) is 0 Å². The molecule has 0 radical (unpaired) electrons. The van der Waals surface area contributed by atoms with E-state index in [1.54, 1.807) is 6.07 Å². The largest absolute Gasteiger partial charge is 0.351 e. The normalized spacial score (nSPS) is 16.4. The third-order valence-corrected chi connectivity index (χ3v) is 3.95. The first-order valence-corrected chi connectivity index (χ1v) is 8.45. The number of hydrogen-bond donors (Lipinski definition) is 2. The minimum atomic E-state index is -0.122. The zero-order valence-electron chi connectivity index (χ0n) is 14.0. The van der Waals surface area contributed by atoms with Crippen LogP contribution < -0.4 is 10.6 Å². The number of nitrogens with zero attached hydrogens (tertiary/aromatic N) is 2. The van der Waals surface area contributed by atoms with Gasteiger partial charge in [0.25, 0.3) is 5.91 Å². The van der Waals surface area contributed by atoms with Crippen molar-refractivity contribution in [3.63, 3.8) is 0 Å². The highest BCUT2D eigenvalue weighted by Crippen LogP contribution is 2.20. The summed E-state index contributed by atoms with van der Waals surface area (Å²) < 4.78 is 0. The van der Waals surface area contributed by atoms with Crippen molar-refractivity contribution in [3.05, 3.63) is 17.5 Å². The van der Waals surface area contributed by atoms with E-state index in [2.05, 4.69) is 34.4 Å². The van der Waals surface area contributed by atoms with E-state index in [1.807, 2.05) is 6.92 Å². The summed E-state index contributed by atoms with van der Waals surface area (Å²) in [5.41, 5.74) is 1.27. The fourth-order valence-electron chi connectivity index (χ4n) is 2.74. The Balaban J connectivity index is 2.03. The quantitative estimate of drug-likeness (QED) is 0.819. The first kappa shape index (κ1) is 16.7. The summed E-state index contributed by atoms with van der Waals surface area (Å²) >= 11 is 0. The first-order valence-electron chi connectivity index (χ1n) is 8.45. The second-order valence-corrected chi connectivity index (χ2v) is 6.65. The number of aromatic nitrogens is 2. The Morgan fingerprint density at radius 2 is 1.91 bits per heavy atom. The molecule has 1 aliphatic rings. The number of nitrogens with one attached hydrogen (secondary N) is 2. The lowest BCUT2D eigenvalue weighted by atomic mass is 10.1. The van der Waals surface area contributed by atoms with Crippen molar-refractivity contribution in [1.82, 2.24) is 15.3 Å². The molecule has 1 aromatic rings. The van der Waals surface area contributed by atoms with Gasteiger partial charge in [0.15, 0.2) is 0 Å². The highest BCUT2D eigenvalue weighted by Gasteiger charge is 2.15. The average molecular weight is 304 g/mol. The van der Waals surface area contributed by atoms with Crippen LogP contribution in [0.1, 0.15) is 68.6 Å². The van der Waals surface area contributed by atoms with E-state index in [1.165, 1.54) is 25.7 Å². The molecule has 1 fully saturated rings. The monoisotopic (exact) mass is 304 g/mol. The van der Waals surface area contributed by atoms with Crippen LogP contribution in [0.4, 0.5) is 5.95 Å². The lowest BCUT2D eigenvalue weighted by molar-refractivity contribution is 0.0944. The Morgan fingerprint density at radius 1 is 1.23 bits per heavy atom. The number of anilines is 1. The van der Waals surface area contributed by atoms with Gasteiger partial charge in [-0.25, -0.2) is 9.97 Å². The summed E-state index contributed by atoms with van der Waals surface area (Å²) in [5, 5.41) is 6.33. The minimum absolute atomic E-state index is 0.122. The van der Waals surface area contributed by atoms with E-state index in [-0.39, 0.29) is 5.91 Å². The average Bonchev–Trinajstić information content (AvgIpc) is 2.72. The van der Waals surface area contributed by atoms with E-state index >= 15 is 0 Å². The molecule has 2 N–H and O–H groups in total. The number of rotatable bonds is 5. The van der Waals surface area contributed by atoms with Gasteiger partial charge in [0.05, 0.1) is 0 Å². The van der Waals surface area contributed by atoms with Crippen LogP contribution in [-0.4, -0.2) is 28.5 Å². The van der Waals surface area contributed by atoms with Gasteiger partial charge in [0.2, 0.25) is 5.95 Å². The lowest BCUT2D eigenvalue weighted by Gasteiger charge is -2.17. The van der Waals surface area contributed by atoms with Gasteiger partial charge in [-0.3, -0.25) is 4.79 Å². The van der Waals surface area contributed by atoms with Crippen LogP contribution in [0.2, 0.25) is 0 Å². The molecule has 0 bridgehead atoms. The van der Waals surface area contributed by atoms with Gasteiger partial charge in [-0.1, -0.05) is 39.5 Å². The maximum Gasteiger partial charge on any atom is 0.270 e. The van der Waals surface area contributed by atoms with Crippen LogP contribution >= 0.6 is 0 Å². The van der Waals surface area contributed by atoms with Gasteiger partial charge in [-0.15, -0.1) is 0 Å². The molecule has 0 aliphatic heterocycles. The molecule has 2 rings (SSSR count). The second kappa shape index (κ2) is 8.11. The number of aryl methyl sites for hydroxylation is 1. The standard InChI is InChI=1S/C17H28N4O/c1-12(2)11-18-16(22)15-10-13(3)19-17(21-15)20-14-8-6-4-5-7-9-14/h10,12,14H,4-9,11H2,1-3H3,(H,18,22)(H,19,20,21). The molecule has 0 atom stereocenters. The van der Waals surface area contributed by atoms with E-state index in [9.17, 15) is 4.79 Å². The predicted octanol–water partition coefficient (Wildman–Crippen LogP) is 3.31. The summed E-state index contributed by atoms with van der Waals surface area (Å²) in [6.07, 6.45) is 7.46. The molecule has 1 amide bonds. The molecule has 0 spiro atoms. The minimum Gasteiger partial charge on any atom is -0.351 e. The zero-order chi connectivity index (χ0) is 15.9. The maximum absolute atomic E-state index is 12.2. The zero-order valence-corrected chi connectivity index (χ0v) is 14.0. The molecule has 1 aliphatic carbocycles. The molecule has 1 aromatic heterocycles. The molecule has 1 saturated carbocycles. The Labute approximate surface area is 133 Å². The van der Waals surface area contributed by atoms with Crippen molar-refractivity contribution in [3.8, 4) is 0 Å². The Kier molecular flexibility index (Phi) is 6.16. The van der Waals surface area contributed by atoms with Gasteiger partial charge in [-0.05, 0) is 31.7 Å². The molecule has 0 unspecified atom stereocenters. The van der Waals surface area contributed by atoms with Crippen molar-refractivity contribution in [2.45, 2.75) is 65.3 Å². The van der Waals surface area contributed by atoms with E-state index in [0.717, 1.165) is 18.5 Å². The van der Waals surface area contributed by atoms with E-state index in [4.69, 9.17) is 0 Å². The second-order valence-electron chi connectivity index (χ2n) is 6.65. The first-order chi connectivity index (χ1) is 10.5. The van der Waals surface area contributed by atoms with Gasteiger partial charge >= 0.3 is 0 Å². The summed E-state index contributed by atoms with van der Waals surface area (Å²) in [6.45, 7) is 6.71. The van der Waals surface area contributed by atoms with Crippen molar-refractivity contribution in [1.29, 1.82) is 0 Å². The summed E-state index contributed by atoms with van der Waals surface area (Å²) in [4.78, 5) is 21.0. The topological polar surface area (TPSA) is 66.9 Å². The van der Waals surface area contributed by atoms with Crippen LogP contribution in [0.15, 0.2) is 6.07 Å². The maximum atomic E-state index is 12.2. The highest BCUT2D eigenvalue weighted by molar-refractivity contribution is 5.92. The fourth-order valence-corrected chi connectivity index (χ4v) is 2.74. The van der Waals surface area contributed by atoms with Crippen molar-refractivity contribution < 1.29 is 4.79 Å². The van der Waals surface area contributed by atoms with Gasteiger partial charge in [0.1, 0.15) is 5.69 Å². The number of carbonyl (C=O) groups is 1. The molecule has 1 heterocycles. The Morgan fingerprint density at radius 3 is 2.55 bits per heavy atom. The third kappa shape index (κ3) is 5.28. The summed E-state index contributed by atoms with van der Waals surface area (Å²) in [5.74, 6) is 0.889. The van der Waals surface area contributed by atoms with Crippen molar-refractivity contribution >= 4 is 11.9 Å². The third-order valence-electron chi connectivity index (χ3n) is 3.95. The molecule has 5 heteroatoms. The SMILES string of the molecule is Cc1cc(C(=O)NCC(C)C)nc(NC2CCCCCC2)n1. The molecule has 22 heavy (non-hydrogen) atoms. The molecule has 0 aromatic carbocycles. The van der Waals surface area contributed by atoms with Gasteiger partial charge in [-0.2, -0.15) is 0 Å². The lowest BCUT2D eigenvalue weighted by Crippen LogP contribution is -2.29. The molecule has 5 nitrogen and oxygen atoms in total. The highest BCUT2D eigenvalue weighted by atomic mass is 16.1. The predicted molar refractivity (Wildman–Crippen MR) is 89.1 cm³/mol. The Hall–Kier alpha value is -1.65. The van der Waals surface area contributed by atoms with Crippen LogP contribution in [0, 0.1) is 12.8 Å². The smallest absolute Gasteiger partial charge is 0.270 e. The van der Waals surface area contributed by atoms with Gasteiger partial charge in [0, 0.05) is 18.3 Å². The van der Waals surface area contributed by atoms with Gasteiger partial charge < -0.3 is 10.6 Å². The molecule has 122 valence electrons. The van der Waals surface area contributed by atoms with Crippen LogP contribution in [-0.2, 0) is 0 Å². The Bertz CT molecular complexity index is 493. The van der Waals surface area contributed by atoms with Crippen molar-refractivity contribution in [2.75, 3.05) is 11.9 Å². The van der Waals surface area contributed by atoms with E-state index < -0.39 is 0 Å². The summed E-state index contributed by atoms with van der Waals surface area (Å²) in [7, 11) is 0. The fraction of sp³-hybridized carbons (Fsp3) is 0.706. The van der Waals surface area contributed by atoms with Crippen LogP contribution in [0.3, 0.4) is 0 Å². The van der Waals surface area contributed by atoms with E-state index in [0.29, 0.717) is 30.1 Å². The molecular weight excluding hydrogens is 276 g/mol. The number of hydrogen-bond acceptors (Lipinski definition) is 4. The number of carbonyl (C=O) groups excluding carboxylic acids is 1. The van der Waals surface area contributed by atoms with Crippen LogP contribution in [0.25, 0.3) is 0 Å².